The maximum absolute atomic E-state index is 5.67. The Bertz CT molecular complexity index is 179. The summed E-state index contributed by atoms with van der Waals surface area (Å²) in [7, 11) is 1.79. The van der Waals surface area contributed by atoms with E-state index in [9.17, 15) is 0 Å². The minimum atomic E-state index is 0.229. The molecule has 0 saturated heterocycles. The van der Waals surface area contributed by atoms with Crippen LogP contribution < -0.4 is 11.3 Å². The first-order valence-electron chi connectivity index (χ1n) is 6.68. The summed E-state index contributed by atoms with van der Waals surface area (Å²) in [5.74, 6) is 7.02. The number of nitrogens with one attached hydrogen (secondary N) is 1. The number of ether oxygens (including phenoxy) is 1. The third-order valence-electron chi connectivity index (χ3n) is 3.85. The lowest BCUT2D eigenvalue weighted by molar-refractivity contribution is 0.0239. The molecule has 0 radical (unpaired) electrons. The van der Waals surface area contributed by atoms with Crippen LogP contribution in [0.2, 0.25) is 0 Å². The van der Waals surface area contributed by atoms with Gasteiger partial charge in [0.2, 0.25) is 0 Å². The van der Waals surface area contributed by atoms with Crippen LogP contribution in [0, 0.1) is 11.8 Å². The lowest BCUT2D eigenvalue weighted by Gasteiger charge is -2.32. The Balaban J connectivity index is 2.45. The summed E-state index contributed by atoms with van der Waals surface area (Å²) in [6, 6.07) is 0.299. The molecule has 3 N–H and O–H groups in total. The van der Waals surface area contributed by atoms with Crippen LogP contribution >= 0.6 is 0 Å². The highest BCUT2D eigenvalue weighted by molar-refractivity contribution is 4.81. The maximum atomic E-state index is 5.67. The number of rotatable bonds is 6. The van der Waals surface area contributed by atoms with Crippen molar-refractivity contribution in [1.29, 1.82) is 0 Å². The summed E-state index contributed by atoms with van der Waals surface area (Å²) in [6.45, 7) is 4.39. The van der Waals surface area contributed by atoms with Crippen molar-refractivity contribution in [2.45, 2.75) is 64.5 Å². The first-order valence-corrected chi connectivity index (χ1v) is 6.68. The van der Waals surface area contributed by atoms with Crippen LogP contribution in [-0.4, -0.2) is 19.3 Å². The number of hydrogen-bond acceptors (Lipinski definition) is 3. The van der Waals surface area contributed by atoms with Crippen molar-refractivity contribution >= 4 is 0 Å². The van der Waals surface area contributed by atoms with Crippen molar-refractivity contribution < 1.29 is 4.74 Å². The van der Waals surface area contributed by atoms with Gasteiger partial charge in [-0.05, 0) is 18.3 Å². The average molecular weight is 228 g/mol. The highest BCUT2D eigenvalue weighted by Gasteiger charge is 2.26. The molecule has 2 atom stereocenters. The summed E-state index contributed by atoms with van der Waals surface area (Å²) in [5.41, 5.74) is 2.96. The lowest BCUT2D eigenvalue weighted by atomic mass is 9.82. The number of hydrazine groups is 1. The van der Waals surface area contributed by atoms with E-state index in [2.05, 4.69) is 19.3 Å². The molecule has 0 aliphatic heterocycles. The van der Waals surface area contributed by atoms with Gasteiger partial charge in [-0.1, -0.05) is 46.0 Å². The predicted molar refractivity (Wildman–Crippen MR) is 67.9 cm³/mol. The summed E-state index contributed by atoms with van der Waals surface area (Å²) in [6.07, 6.45) is 8.32. The molecule has 16 heavy (non-hydrogen) atoms. The van der Waals surface area contributed by atoms with E-state index in [4.69, 9.17) is 10.6 Å². The summed E-state index contributed by atoms with van der Waals surface area (Å²) in [4.78, 5) is 0. The van der Waals surface area contributed by atoms with Crippen molar-refractivity contribution in [2.24, 2.45) is 17.7 Å². The Labute approximate surface area is 100 Å². The molecular formula is C13H28N2O. The minimum Gasteiger partial charge on any atom is -0.380 e. The summed E-state index contributed by atoms with van der Waals surface area (Å²) >= 11 is 0. The van der Waals surface area contributed by atoms with Crippen LogP contribution in [0.15, 0.2) is 0 Å². The average Bonchev–Trinajstić information content (AvgIpc) is 2.29. The Morgan fingerprint density at radius 1 is 1.25 bits per heavy atom. The Hall–Kier alpha value is -0.120. The molecule has 1 rings (SSSR count). The normalized spacial score (nSPS) is 22.3. The van der Waals surface area contributed by atoms with E-state index < -0.39 is 0 Å². The van der Waals surface area contributed by atoms with Crippen LogP contribution in [0.25, 0.3) is 0 Å². The fourth-order valence-corrected chi connectivity index (χ4v) is 2.98. The monoisotopic (exact) mass is 228 g/mol. The van der Waals surface area contributed by atoms with Crippen LogP contribution in [0.5, 0.6) is 0 Å². The number of nitrogens with two attached hydrogens (primary N) is 1. The zero-order chi connectivity index (χ0) is 12.0. The molecule has 0 aromatic rings. The first kappa shape index (κ1) is 13.9. The number of hydrogen-bond donors (Lipinski definition) is 2. The zero-order valence-corrected chi connectivity index (χ0v) is 11.0. The second kappa shape index (κ2) is 7.25. The summed E-state index contributed by atoms with van der Waals surface area (Å²) < 4.78 is 5.56. The fourth-order valence-electron chi connectivity index (χ4n) is 2.98. The van der Waals surface area contributed by atoms with E-state index >= 15 is 0 Å². The van der Waals surface area contributed by atoms with Gasteiger partial charge in [0.05, 0.1) is 6.10 Å². The van der Waals surface area contributed by atoms with Crippen molar-refractivity contribution in [3.8, 4) is 0 Å². The van der Waals surface area contributed by atoms with Gasteiger partial charge in [0.1, 0.15) is 0 Å². The van der Waals surface area contributed by atoms with Crippen molar-refractivity contribution in [2.75, 3.05) is 7.11 Å². The van der Waals surface area contributed by atoms with E-state index in [0.29, 0.717) is 12.0 Å². The largest absolute Gasteiger partial charge is 0.380 e. The molecular weight excluding hydrogens is 200 g/mol. The third-order valence-corrected chi connectivity index (χ3v) is 3.85. The second-order valence-electron chi connectivity index (χ2n) is 5.46. The molecule has 0 spiro atoms. The van der Waals surface area contributed by atoms with Crippen LogP contribution in [-0.2, 0) is 4.74 Å². The van der Waals surface area contributed by atoms with Gasteiger partial charge in [0.25, 0.3) is 0 Å². The topological polar surface area (TPSA) is 47.3 Å². The van der Waals surface area contributed by atoms with Gasteiger partial charge in [-0.15, -0.1) is 0 Å². The van der Waals surface area contributed by atoms with E-state index in [1.165, 1.54) is 32.1 Å². The molecule has 0 aromatic carbocycles. The van der Waals surface area contributed by atoms with Crippen molar-refractivity contribution in [1.82, 2.24) is 5.43 Å². The zero-order valence-electron chi connectivity index (χ0n) is 11.0. The molecule has 0 amide bonds. The molecule has 1 saturated carbocycles. The predicted octanol–water partition coefficient (Wildman–Crippen LogP) is 2.46. The third kappa shape index (κ3) is 4.04. The fraction of sp³-hybridized carbons (Fsp3) is 1.00. The van der Waals surface area contributed by atoms with Gasteiger partial charge in [0, 0.05) is 13.2 Å². The minimum absolute atomic E-state index is 0.229. The van der Waals surface area contributed by atoms with E-state index in [1.807, 2.05) is 0 Å². The highest BCUT2D eigenvalue weighted by atomic mass is 16.5. The molecule has 3 heteroatoms. The first-order chi connectivity index (χ1) is 7.69. The molecule has 0 heterocycles. The molecule has 0 bridgehead atoms. The molecule has 1 fully saturated rings. The van der Waals surface area contributed by atoms with Gasteiger partial charge >= 0.3 is 0 Å². The van der Waals surface area contributed by atoms with Crippen LogP contribution in [0.1, 0.15) is 52.4 Å². The summed E-state index contributed by atoms with van der Waals surface area (Å²) in [5, 5.41) is 0. The molecule has 0 aromatic heterocycles. The van der Waals surface area contributed by atoms with E-state index in [-0.39, 0.29) is 6.10 Å². The Kier molecular flexibility index (Phi) is 6.32. The quantitative estimate of drug-likeness (QED) is 0.542. The van der Waals surface area contributed by atoms with E-state index in [0.717, 1.165) is 12.3 Å². The van der Waals surface area contributed by atoms with Gasteiger partial charge in [-0.3, -0.25) is 11.3 Å². The molecule has 1 aliphatic carbocycles. The van der Waals surface area contributed by atoms with Gasteiger partial charge in [-0.25, -0.2) is 0 Å². The van der Waals surface area contributed by atoms with Crippen molar-refractivity contribution in [3.63, 3.8) is 0 Å². The second-order valence-corrected chi connectivity index (χ2v) is 5.46. The van der Waals surface area contributed by atoms with Gasteiger partial charge in [-0.2, -0.15) is 0 Å². The van der Waals surface area contributed by atoms with Crippen LogP contribution in [0.3, 0.4) is 0 Å². The van der Waals surface area contributed by atoms with E-state index in [1.54, 1.807) is 7.11 Å². The Morgan fingerprint density at radius 2 is 1.88 bits per heavy atom. The standard InChI is InChI=1S/C13H28N2O/c1-10(2)13(16-3)12(15-14)9-11-7-5-4-6-8-11/h10-13,15H,4-9,14H2,1-3H3. The SMILES string of the molecule is COC(C(C)C)C(CC1CCCCC1)NN. The number of methoxy groups -OCH3 is 1. The van der Waals surface area contributed by atoms with Gasteiger partial charge < -0.3 is 4.74 Å². The lowest BCUT2D eigenvalue weighted by Crippen LogP contribution is -2.48. The molecule has 3 nitrogen and oxygen atoms in total. The molecule has 1 aliphatic rings. The van der Waals surface area contributed by atoms with Crippen molar-refractivity contribution in [3.05, 3.63) is 0 Å². The Morgan fingerprint density at radius 3 is 2.31 bits per heavy atom. The maximum Gasteiger partial charge on any atom is 0.0760 e. The smallest absolute Gasteiger partial charge is 0.0760 e. The highest BCUT2D eigenvalue weighted by Crippen LogP contribution is 2.29. The molecule has 2 unspecified atom stereocenters. The molecule has 96 valence electrons. The van der Waals surface area contributed by atoms with Crippen LogP contribution in [0.4, 0.5) is 0 Å². The van der Waals surface area contributed by atoms with Gasteiger partial charge in [0.15, 0.2) is 0 Å².